The first-order chi connectivity index (χ1) is 13.9. The molecule has 0 bridgehead atoms. The number of anilines is 2. The van der Waals surface area contributed by atoms with Gasteiger partial charge in [-0.25, -0.2) is 4.98 Å². The van der Waals surface area contributed by atoms with Gasteiger partial charge in [0, 0.05) is 23.9 Å². The van der Waals surface area contributed by atoms with Crippen LogP contribution >= 0.6 is 11.3 Å². The van der Waals surface area contributed by atoms with Crippen molar-refractivity contribution >= 4 is 34.5 Å². The van der Waals surface area contributed by atoms with Crippen LogP contribution in [0.3, 0.4) is 0 Å². The number of hydrogen-bond donors (Lipinski definition) is 2. The van der Waals surface area contributed by atoms with Crippen LogP contribution in [0, 0.1) is 6.92 Å². The van der Waals surface area contributed by atoms with Gasteiger partial charge in [0.2, 0.25) is 5.91 Å². The Labute approximate surface area is 172 Å². The van der Waals surface area contributed by atoms with Gasteiger partial charge in [0.15, 0.2) is 11.5 Å². The summed E-state index contributed by atoms with van der Waals surface area (Å²) in [5, 5.41) is 6.26. The van der Waals surface area contributed by atoms with Crippen molar-refractivity contribution in [1.29, 1.82) is 0 Å². The van der Waals surface area contributed by atoms with Gasteiger partial charge in [-0.15, -0.1) is 11.3 Å². The van der Waals surface area contributed by atoms with E-state index in [2.05, 4.69) is 15.6 Å². The highest BCUT2D eigenvalue weighted by molar-refractivity contribution is 7.17. The molecule has 2 amide bonds. The van der Waals surface area contributed by atoms with Gasteiger partial charge in [0.05, 0.1) is 19.9 Å². The molecule has 0 saturated heterocycles. The number of nitrogens with one attached hydrogen (secondary N) is 2. The van der Waals surface area contributed by atoms with Crippen LogP contribution in [0.4, 0.5) is 11.4 Å². The van der Waals surface area contributed by atoms with Gasteiger partial charge in [0.25, 0.3) is 5.91 Å². The van der Waals surface area contributed by atoms with Crippen LogP contribution in [-0.2, 0) is 4.79 Å². The summed E-state index contributed by atoms with van der Waals surface area (Å²) in [5.74, 6) is 0.845. The molecule has 0 aliphatic heterocycles. The number of hydrogen-bond acceptors (Lipinski definition) is 6. The van der Waals surface area contributed by atoms with Crippen LogP contribution in [0.15, 0.2) is 42.5 Å². The van der Waals surface area contributed by atoms with Gasteiger partial charge in [-0.05, 0) is 49.4 Å². The molecule has 7 nitrogen and oxygen atoms in total. The van der Waals surface area contributed by atoms with Crippen molar-refractivity contribution < 1.29 is 19.1 Å². The summed E-state index contributed by atoms with van der Waals surface area (Å²) in [6.45, 7) is 3.24. The molecule has 3 aromatic rings. The standard InChI is InChI=1S/C21H21N3O4S/c1-12-19(20(26)24-16-8-6-15(7-9-16)23-13(2)25)29-21(22-12)14-5-10-17(27-3)18(11-14)28-4/h5-11H,1-4H3,(H,23,25)(H,24,26). The predicted octanol–water partition coefficient (Wildman–Crippen LogP) is 4.35. The highest BCUT2D eigenvalue weighted by atomic mass is 32.1. The summed E-state index contributed by atoms with van der Waals surface area (Å²) in [7, 11) is 3.15. The van der Waals surface area contributed by atoms with Gasteiger partial charge in [0.1, 0.15) is 9.88 Å². The first-order valence-electron chi connectivity index (χ1n) is 8.80. The molecule has 29 heavy (non-hydrogen) atoms. The van der Waals surface area contributed by atoms with Gasteiger partial charge >= 0.3 is 0 Å². The lowest BCUT2D eigenvalue weighted by Gasteiger charge is -2.08. The minimum atomic E-state index is -0.237. The van der Waals surface area contributed by atoms with E-state index in [1.807, 2.05) is 12.1 Å². The molecule has 3 rings (SSSR count). The molecule has 0 spiro atoms. The molecule has 8 heteroatoms. The first kappa shape index (κ1) is 20.3. The molecule has 1 heterocycles. The molecule has 1 aromatic heterocycles. The fraction of sp³-hybridized carbons (Fsp3) is 0.190. The lowest BCUT2D eigenvalue weighted by molar-refractivity contribution is -0.114. The summed E-state index contributed by atoms with van der Waals surface area (Å²) < 4.78 is 10.6. The summed E-state index contributed by atoms with van der Waals surface area (Å²) in [6, 6.07) is 12.4. The zero-order valence-electron chi connectivity index (χ0n) is 16.5. The average molecular weight is 411 g/mol. The van der Waals surface area contributed by atoms with Crippen LogP contribution in [0.2, 0.25) is 0 Å². The number of methoxy groups -OCH3 is 2. The third kappa shape index (κ3) is 4.72. The van der Waals surface area contributed by atoms with Crippen molar-refractivity contribution in [2.75, 3.05) is 24.9 Å². The zero-order valence-corrected chi connectivity index (χ0v) is 17.3. The number of nitrogens with zero attached hydrogens (tertiary/aromatic N) is 1. The van der Waals surface area contributed by atoms with E-state index < -0.39 is 0 Å². The normalized spacial score (nSPS) is 10.3. The van der Waals surface area contributed by atoms with Crippen LogP contribution in [0.1, 0.15) is 22.3 Å². The van der Waals surface area contributed by atoms with Crippen LogP contribution in [0.5, 0.6) is 11.5 Å². The Bertz CT molecular complexity index is 1040. The van der Waals surface area contributed by atoms with Crippen LogP contribution in [0.25, 0.3) is 10.6 Å². The third-order valence-electron chi connectivity index (χ3n) is 4.10. The SMILES string of the molecule is COc1ccc(-c2nc(C)c(C(=O)Nc3ccc(NC(C)=O)cc3)s2)cc1OC. The Morgan fingerprint density at radius 2 is 1.55 bits per heavy atom. The van der Waals surface area contributed by atoms with E-state index in [9.17, 15) is 9.59 Å². The van der Waals surface area contributed by atoms with Crippen molar-refractivity contribution in [3.8, 4) is 22.1 Å². The molecule has 150 valence electrons. The van der Waals surface area contributed by atoms with Crippen molar-refractivity contribution in [1.82, 2.24) is 4.98 Å². The number of thiazole rings is 1. The van der Waals surface area contributed by atoms with E-state index in [0.29, 0.717) is 33.4 Å². The molecule has 0 saturated carbocycles. The lowest BCUT2D eigenvalue weighted by atomic mass is 10.2. The van der Waals surface area contributed by atoms with E-state index in [-0.39, 0.29) is 11.8 Å². The van der Waals surface area contributed by atoms with E-state index in [4.69, 9.17) is 9.47 Å². The Morgan fingerprint density at radius 1 is 0.931 bits per heavy atom. The molecule has 2 N–H and O–H groups in total. The number of benzene rings is 2. The van der Waals surface area contributed by atoms with E-state index in [1.165, 1.54) is 18.3 Å². The molecular weight excluding hydrogens is 390 g/mol. The lowest BCUT2D eigenvalue weighted by Crippen LogP contribution is -2.11. The molecule has 0 unspecified atom stereocenters. The third-order valence-corrected chi connectivity index (χ3v) is 5.30. The Hall–Kier alpha value is -3.39. The first-order valence-corrected chi connectivity index (χ1v) is 9.61. The smallest absolute Gasteiger partial charge is 0.267 e. The van der Waals surface area contributed by atoms with Gasteiger partial charge < -0.3 is 20.1 Å². The highest BCUT2D eigenvalue weighted by Crippen LogP contribution is 2.35. The molecule has 0 aliphatic carbocycles. The fourth-order valence-corrected chi connectivity index (χ4v) is 3.69. The quantitative estimate of drug-likeness (QED) is 0.630. The number of amides is 2. The van der Waals surface area contributed by atoms with Crippen molar-refractivity contribution in [2.45, 2.75) is 13.8 Å². The maximum atomic E-state index is 12.7. The van der Waals surface area contributed by atoms with Crippen LogP contribution in [-0.4, -0.2) is 31.0 Å². The monoisotopic (exact) mass is 411 g/mol. The van der Waals surface area contributed by atoms with Crippen molar-refractivity contribution in [3.63, 3.8) is 0 Å². The number of ether oxygens (including phenoxy) is 2. The highest BCUT2D eigenvalue weighted by Gasteiger charge is 2.17. The summed E-state index contributed by atoms with van der Waals surface area (Å²) in [4.78, 5) is 28.9. The second kappa shape index (κ2) is 8.74. The Kier molecular flexibility index (Phi) is 6.13. The summed E-state index contributed by atoms with van der Waals surface area (Å²) >= 11 is 1.31. The number of carbonyl (C=O) groups excluding carboxylic acids is 2. The van der Waals surface area contributed by atoms with Gasteiger partial charge in [-0.1, -0.05) is 0 Å². The zero-order chi connectivity index (χ0) is 21.0. The Balaban J connectivity index is 1.79. The minimum Gasteiger partial charge on any atom is -0.493 e. The van der Waals surface area contributed by atoms with E-state index in [1.54, 1.807) is 51.5 Å². The number of carbonyl (C=O) groups is 2. The van der Waals surface area contributed by atoms with Crippen molar-refractivity contribution in [3.05, 3.63) is 53.0 Å². The second-order valence-electron chi connectivity index (χ2n) is 6.22. The molecule has 0 radical (unpaired) electrons. The molecule has 0 fully saturated rings. The maximum Gasteiger partial charge on any atom is 0.267 e. The maximum absolute atomic E-state index is 12.7. The predicted molar refractivity (Wildman–Crippen MR) is 114 cm³/mol. The van der Waals surface area contributed by atoms with E-state index in [0.717, 1.165) is 10.6 Å². The van der Waals surface area contributed by atoms with Crippen molar-refractivity contribution in [2.24, 2.45) is 0 Å². The van der Waals surface area contributed by atoms with Gasteiger partial charge in [-0.3, -0.25) is 9.59 Å². The van der Waals surface area contributed by atoms with E-state index >= 15 is 0 Å². The largest absolute Gasteiger partial charge is 0.493 e. The topological polar surface area (TPSA) is 89.5 Å². The van der Waals surface area contributed by atoms with Crippen LogP contribution < -0.4 is 20.1 Å². The Morgan fingerprint density at radius 3 is 2.14 bits per heavy atom. The minimum absolute atomic E-state index is 0.148. The number of rotatable bonds is 6. The second-order valence-corrected chi connectivity index (χ2v) is 7.22. The average Bonchev–Trinajstić information content (AvgIpc) is 3.10. The fourth-order valence-electron chi connectivity index (χ4n) is 2.73. The molecule has 0 atom stereocenters. The number of aryl methyl sites for hydroxylation is 1. The number of aromatic nitrogens is 1. The molecular formula is C21H21N3O4S. The summed E-state index contributed by atoms with van der Waals surface area (Å²) in [5.41, 5.74) is 2.78. The molecule has 0 aliphatic rings. The van der Waals surface area contributed by atoms with Gasteiger partial charge in [-0.2, -0.15) is 0 Å². The molecule has 2 aromatic carbocycles. The summed E-state index contributed by atoms with van der Waals surface area (Å²) in [6.07, 6.45) is 0.